The third kappa shape index (κ3) is 4.44. The average Bonchev–Trinajstić information content (AvgIpc) is 2.66. The maximum Gasteiger partial charge on any atom is 0.156 e. The zero-order chi connectivity index (χ0) is 17.5. The first-order chi connectivity index (χ1) is 12.3. The molecule has 0 saturated carbocycles. The molecule has 0 aromatic heterocycles. The summed E-state index contributed by atoms with van der Waals surface area (Å²) in [4.78, 5) is 11.2. The van der Waals surface area contributed by atoms with E-state index in [0.29, 0.717) is 18.6 Å². The van der Waals surface area contributed by atoms with Gasteiger partial charge in [0.15, 0.2) is 6.29 Å². The van der Waals surface area contributed by atoms with Gasteiger partial charge in [0.1, 0.15) is 30.5 Å². The van der Waals surface area contributed by atoms with E-state index in [9.17, 15) is 9.18 Å². The van der Waals surface area contributed by atoms with Gasteiger partial charge in [0.25, 0.3) is 0 Å². The number of ether oxygens (including phenoxy) is 2. The molecule has 0 aliphatic carbocycles. The molecule has 3 nitrogen and oxygen atoms in total. The Morgan fingerprint density at radius 2 is 1.36 bits per heavy atom. The van der Waals surface area contributed by atoms with Gasteiger partial charge in [-0.25, -0.2) is 4.39 Å². The van der Waals surface area contributed by atoms with E-state index in [0.717, 1.165) is 11.1 Å². The molecule has 3 aromatic carbocycles. The van der Waals surface area contributed by atoms with Gasteiger partial charge in [-0.1, -0.05) is 60.7 Å². The Hall–Kier alpha value is -3.14. The maximum atomic E-state index is 14.2. The smallest absolute Gasteiger partial charge is 0.156 e. The second-order valence-electron chi connectivity index (χ2n) is 5.48. The number of rotatable bonds is 7. The molecule has 0 amide bonds. The number of hydrogen-bond acceptors (Lipinski definition) is 3. The van der Waals surface area contributed by atoms with Crippen molar-refractivity contribution in [3.05, 3.63) is 95.3 Å². The average molecular weight is 336 g/mol. The third-order valence-corrected chi connectivity index (χ3v) is 3.67. The van der Waals surface area contributed by atoms with Crippen LogP contribution < -0.4 is 9.47 Å². The van der Waals surface area contributed by atoms with Crippen molar-refractivity contribution in [3.63, 3.8) is 0 Å². The van der Waals surface area contributed by atoms with Gasteiger partial charge in [0, 0.05) is 12.1 Å². The van der Waals surface area contributed by atoms with Gasteiger partial charge in [0.05, 0.1) is 5.56 Å². The quantitative estimate of drug-likeness (QED) is 0.582. The molecule has 0 spiro atoms. The summed E-state index contributed by atoms with van der Waals surface area (Å²) in [5.41, 5.74) is 1.78. The van der Waals surface area contributed by atoms with Crippen LogP contribution in [0.15, 0.2) is 72.8 Å². The van der Waals surface area contributed by atoms with E-state index in [4.69, 9.17) is 9.47 Å². The lowest BCUT2D eigenvalue weighted by Gasteiger charge is -2.12. The summed E-state index contributed by atoms with van der Waals surface area (Å²) in [6.45, 7) is 0.544. The lowest BCUT2D eigenvalue weighted by atomic mass is 10.2. The van der Waals surface area contributed by atoms with Gasteiger partial charge in [-0.3, -0.25) is 4.79 Å². The van der Waals surface area contributed by atoms with Crippen molar-refractivity contribution >= 4 is 6.29 Å². The van der Waals surface area contributed by atoms with E-state index >= 15 is 0 Å². The Kier molecular flexibility index (Phi) is 5.42. The Morgan fingerprint density at radius 3 is 1.92 bits per heavy atom. The number of carbonyl (C=O) groups is 1. The third-order valence-electron chi connectivity index (χ3n) is 3.67. The van der Waals surface area contributed by atoms with Crippen molar-refractivity contribution < 1.29 is 18.7 Å². The molecule has 0 heterocycles. The van der Waals surface area contributed by atoms with E-state index in [1.165, 1.54) is 6.07 Å². The highest BCUT2D eigenvalue weighted by Crippen LogP contribution is 2.28. The Labute approximate surface area is 145 Å². The van der Waals surface area contributed by atoms with Crippen LogP contribution in [0.2, 0.25) is 0 Å². The van der Waals surface area contributed by atoms with Crippen LogP contribution in [0.5, 0.6) is 11.5 Å². The fraction of sp³-hybridized carbons (Fsp3) is 0.0952. The Morgan fingerprint density at radius 1 is 0.800 bits per heavy atom. The molecule has 3 rings (SSSR count). The molecule has 3 aromatic rings. The van der Waals surface area contributed by atoms with Gasteiger partial charge < -0.3 is 9.47 Å². The summed E-state index contributed by atoms with van der Waals surface area (Å²) in [6.07, 6.45) is 0.455. The highest BCUT2D eigenvalue weighted by molar-refractivity contribution is 5.80. The minimum Gasteiger partial charge on any atom is -0.489 e. The van der Waals surface area contributed by atoms with Crippen LogP contribution in [-0.4, -0.2) is 6.29 Å². The van der Waals surface area contributed by atoms with Crippen LogP contribution in [0.4, 0.5) is 4.39 Å². The number of hydrogen-bond donors (Lipinski definition) is 0. The highest BCUT2D eigenvalue weighted by atomic mass is 19.1. The summed E-state index contributed by atoms with van der Waals surface area (Å²) in [5.74, 6) is -0.180. The fourth-order valence-corrected chi connectivity index (χ4v) is 2.36. The molecular weight excluding hydrogens is 319 g/mol. The van der Waals surface area contributed by atoms with E-state index in [1.54, 1.807) is 6.07 Å². The summed E-state index contributed by atoms with van der Waals surface area (Å²) >= 11 is 0. The van der Waals surface area contributed by atoms with Crippen molar-refractivity contribution in [2.24, 2.45) is 0 Å². The van der Waals surface area contributed by atoms with Crippen LogP contribution in [0.1, 0.15) is 21.5 Å². The predicted octanol–water partition coefficient (Wildman–Crippen LogP) is 4.80. The zero-order valence-corrected chi connectivity index (χ0v) is 13.5. The summed E-state index contributed by atoms with van der Waals surface area (Å²) in [6, 6.07) is 21.8. The first-order valence-corrected chi connectivity index (χ1v) is 7.88. The molecule has 0 N–H and O–H groups in total. The molecule has 25 heavy (non-hydrogen) atoms. The van der Waals surface area contributed by atoms with Crippen LogP contribution >= 0.6 is 0 Å². The predicted molar refractivity (Wildman–Crippen MR) is 93.3 cm³/mol. The fourth-order valence-electron chi connectivity index (χ4n) is 2.36. The SMILES string of the molecule is O=Cc1c(F)cc(OCc2ccccc2)cc1OCc1ccccc1. The molecular formula is C21H17FO3. The van der Waals surface area contributed by atoms with Crippen molar-refractivity contribution in [2.75, 3.05) is 0 Å². The van der Waals surface area contributed by atoms with Gasteiger partial charge in [-0.2, -0.15) is 0 Å². The van der Waals surface area contributed by atoms with Gasteiger partial charge in [-0.05, 0) is 11.1 Å². The number of carbonyl (C=O) groups excluding carboxylic acids is 1. The topological polar surface area (TPSA) is 35.5 Å². The molecule has 0 aliphatic rings. The molecule has 0 atom stereocenters. The van der Waals surface area contributed by atoms with E-state index < -0.39 is 5.82 Å². The monoisotopic (exact) mass is 336 g/mol. The standard InChI is InChI=1S/C21H17FO3/c22-20-11-18(24-14-16-7-3-1-4-8-16)12-21(19(20)13-23)25-15-17-9-5-2-6-10-17/h1-13H,14-15H2. The first-order valence-electron chi connectivity index (χ1n) is 7.88. The molecule has 0 aliphatic heterocycles. The van der Waals surface area contributed by atoms with Crippen LogP contribution in [0.3, 0.4) is 0 Å². The van der Waals surface area contributed by atoms with Crippen molar-refractivity contribution in [1.82, 2.24) is 0 Å². The normalized spacial score (nSPS) is 10.3. The Balaban J connectivity index is 1.76. The minimum absolute atomic E-state index is 0.108. The molecule has 0 fully saturated rings. The molecule has 4 heteroatoms. The maximum absolute atomic E-state index is 14.2. The lowest BCUT2D eigenvalue weighted by molar-refractivity contribution is 0.111. The van der Waals surface area contributed by atoms with Gasteiger partial charge >= 0.3 is 0 Å². The van der Waals surface area contributed by atoms with Gasteiger partial charge in [0.2, 0.25) is 0 Å². The first kappa shape index (κ1) is 16.7. The minimum atomic E-state index is -0.663. The highest BCUT2D eigenvalue weighted by Gasteiger charge is 2.13. The number of halogens is 1. The van der Waals surface area contributed by atoms with Crippen LogP contribution in [0.25, 0.3) is 0 Å². The molecule has 0 radical (unpaired) electrons. The molecule has 0 unspecified atom stereocenters. The second kappa shape index (κ2) is 8.11. The van der Waals surface area contributed by atoms with Crippen LogP contribution in [0, 0.1) is 5.82 Å². The van der Waals surface area contributed by atoms with E-state index in [-0.39, 0.29) is 17.9 Å². The summed E-state index contributed by atoms with van der Waals surface area (Å²) < 4.78 is 25.4. The zero-order valence-electron chi connectivity index (χ0n) is 13.5. The van der Waals surface area contributed by atoms with Crippen molar-refractivity contribution in [1.29, 1.82) is 0 Å². The molecule has 126 valence electrons. The van der Waals surface area contributed by atoms with Crippen molar-refractivity contribution in [3.8, 4) is 11.5 Å². The van der Waals surface area contributed by atoms with Crippen LogP contribution in [-0.2, 0) is 13.2 Å². The van der Waals surface area contributed by atoms with Gasteiger partial charge in [-0.15, -0.1) is 0 Å². The molecule has 0 bridgehead atoms. The number of aldehydes is 1. The summed E-state index contributed by atoms with van der Waals surface area (Å²) in [7, 11) is 0. The van der Waals surface area contributed by atoms with Crippen molar-refractivity contribution in [2.45, 2.75) is 13.2 Å². The number of benzene rings is 3. The van der Waals surface area contributed by atoms with E-state index in [2.05, 4.69) is 0 Å². The molecule has 0 saturated heterocycles. The summed E-state index contributed by atoms with van der Waals surface area (Å²) in [5, 5.41) is 0. The lowest BCUT2D eigenvalue weighted by Crippen LogP contribution is -2.02. The van der Waals surface area contributed by atoms with E-state index in [1.807, 2.05) is 60.7 Å². The Bertz CT molecular complexity index is 833. The largest absolute Gasteiger partial charge is 0.489 e. The second-order valence-corrected chi connectivity index (χ2v) is 5.48.